The molecule has 106 valence electrons. The van der Waals surface area contributed by atoms with Gasteiger partial charge in [0.05, 0.1) is 5.92 Å². The molecule has 0 aromatic rings. The molecular formula is C16H26N2O. The van der Waals surface area contributed by atoms with Gasteiger partial charge in [0.15, 0.2) is 0 Å². The van der Waals surface area contributed by atoms with E-state index in [4.69, 9.17) is 0 Å². The van der Waals surface area contributed by atoms with Gasteiger partial charge in [0.2, 0.25) is 5.91 Å². The standard InChI is InChI=1S/C16H26N2O/c1-9-7-17-8-14(9)16(19)18-15-12-3-10-2-11(5-12)6-13(15)4-10/h9-15,17H,2-8H2,1H3,(H,18,19). The van der Waals surface area contributed by atoms with Crippen LogP contribution in [0.25, 0.3) is 0 Å². The maximum Gasteiger partial charge on any atom is 0.224 e. The van der Waals surface area contributed by atoms with Gasteiger partial charge >= 0.3 is 0 Å². The normalized spacial score (nSPS) is 51.5. The highest BCUT2D eigenvalue weighted by atomic mass is 16.2. The summed E-state index contributed by atoms with van der Waals surface area (Å²) in [6.45, 7) is 4.07. The Labute approximate surface area is 115 Å². The monoisotopic (exact) mass is 262 g/mol. The van der Waals surface area contributed by atoms with E-state index in [-0.39, 0.29) is 5.92 Å². The quantitative estimate of drug-likeness (QED) is 0.796. The van der Waals surface area contributed by atoms with Crippen molar-refractivity contribution in [3.05, 3.63) is 0 Å². The van der Waals surface area contributed by atoms with E-state index in [1.807, 2.05) is 0 Å². The van der Waals surface area contributed by atoms with Crippen molar-refractivity contribution in [3.8, 4) is 0 Å². The van der Waals surface area contributed by atoms with Gasteiger partial charge in [-0.3, -0.25) is 4.79 Å². The molecule has 2 unspecified atom stereocenters. The van der Waals surface area contributed by atoms with Crippen LogP contribution in [-0.4, -0.2) is 25.0 Å². The zero-order valence-corrected chi connectivity index (χ0v) is 11.9. The molecule has 0 radical (unpaired) electrons. The third kappa shape index (κ3) is 2.01. The molecule has 1 saturated heterocycles. The van der Waals surface area contributed by atoms with Gasteiger partial charge in [0.25, 0.3) is 0 Å². The summed E-state index contributed by atoms with van der Waals surface area (Å²) < 4.78 is 0. The molecule has 19 heavy (non-hydrogen) atoms. The summed E-state index contributed by atoms with van der Waals surface area (Å²) in [5.41, 5.74) is 0. The molecule has 1 amide bonds. The fourth-order valence-electron chi connectivity index (χ4n) is 5.59. The summed E-state index contributed by atoms with van der Waals surface area (Å²) >= 11 is 0. The van der Waals surface area contributed by atoms with E-state index in [1.54, 1.807) is 0 Å². The van der Waals surface area contributed by atoms with Crippen LogP contribution in [0.5, 0.6) is 0 Å². The maximum absolute atomic E-state index is 12.5. The highest BCUT2D eigenvalue weighted by Crippen LogP contribution is 2.53. The maximum atomic E-state index is 12.5. The largest absolute Gasteiger partial charge is 0.353 e. The van der Waals surface area contributed by atoms with Crippen molar-refractivity contribution >= 4 is 5.91 Å². The summed E-state index contributed by atoms with van der Waals surface area (Å²) in [5.74, 6) is 4.60. The number of carbonyl (C=O) groups is 1. The zero-order chi connectivity index (χ0) is 13.0. The molecule has 4 saturated carbocycles. The van der Waals surface area contributed by atoms with Gasteiger partial charge in [-0.05, 0) is 68.2 Å². The smallest absolute Gasteiger partial charge is 0.224 e. The zero-order valence-electron chi connectivity index (χ0n) is 11.9. The Bertz CT molecular complexity index is 353. The van der Waals surface area contributed by atoms with E-state index in [1.165, 1.54) is 32.1 Å². The van der Waals surface area contributed by atoms with Gasteiger partial charge in [-0.2, -0.15) is 0 Å². The van der Waals surface area contributed by atoms with Crippen molar-refractivity contribution in [2.45, 2.75) is 45.1 Å². The topological polar surface area (TPSA) is 41.1 Å². The summed E-state index contributed by atoms with van der Waals surface area (Å²) in [5, 5.41) is 6.80. The number of nitrogens with one attached hydrogen (secondary N) is 2. The average molecular weight is 262 g/mol. The first-order valence-corrected chi connectivity index (χ1v) is 8.21. The number of rotatable bonds is 2. The van der Waals surface area contributed by atoms with Gasteiger partial charge < -0.3 is 10.6 Å². The van der Waals surface area contributed by atoms with Crippen LogP contribution in [0.2, 0.25) is 0 Å². The second kappa shape index (κ2) is 4.47. The van der Waals surface area contributed by atoms with Crippen molar-refractivity contribution < 1.29 is 4.79 Å². The third-order valence-corrected chi connectivity index (χ3v) is 6.39. The first-order valence-electron chi connectivity index (χ1n) is 8.21. The van der Waals surface area contributed by atoms with Gasteiger partial charge in [0, 0.05) is 12.6 Å². The van der Waals surface area contributed by atoms with E-state index in [9.17, 15) is 4.79 Å². The van der Waals surface area contributed by atoms with Crippen LogP contribution in [0.1, 0.15) is 39.0 Å². The first-order chi connectivity index (χ1) is 9.20. The summed E-state index contributed by atoms with van der Waals surface area (Å²) in [6.07, 6.45) is 7.02. The molecule has 3 nitrogen and oxygen atoms in total. The molecule has 0 spiro atoms. The van der Waals surface area contributed by atoms with Crippen LogP contribution in [0, 0.1) is 35.5 Å². The molecular weight excluding hydrogens is 236 g/mol. The Morgan fingerprint density at radius 2 is 1.63 bits per heavy atom. The highest BCUT2D eigenvalue weighted by Gasteiger charge is 2.49. The second-order valence-corrected chi connectivity index (χ2v) is 7.71. The molecule has 2 atom stereocenters. The first kappa shape index (κ1) is 12.2. The molecule has 1 aliphatic heterocycles. The van der Waals surface area contributed by atoms with Crippen LogP contribution in [0.3, 0.4) is 0 Å². The van der Waals surface area contributed by atoms with Crippen molar-refractivity contribution in [1.29, 1.82) is 0 Å². The molecule has 2 N–H and O–H groups in total. The molecule has 0 aromatic carbocycles. The third-order valence-electron chi connectivity index (χ3n) is 6.39. The molecule has 4 aliphatic carbocycles. The lowest BCUT2D eigenvalue weighted by molar-refractivity contribution is -0.129. The minimum atomic E-state index is 0.206. The van der Waals surface area contributed by atoms with E-state index in [2.05, 4.69) is 17.6 Å². The number of amides is 1. The molecule has 0 aromatic heterocycles. The molecule has 5 fully saturated rings. The minimum absolute atomic E-state index is 0.206. The summed E-state index contributed by atoms with van der Waals surface area (Å²) in [4.78, 5) is 12.5. The van der Waals surface area contributed by atoms with Crippen LogP contribution in [0.15, 0.2) is 0 Å². The van der Waals surface area contributed by atoms with Gasteiger partial charge in [-0.15, -0.1) is 0 Å². The van der Waals surface area contributed by atoms with Gasteiger partial charge in [-0.1, -0.05) is 6.92 Å². The number of hydrogen-bond donors (Lipinski definition) is 2. The van der Waals surface area contributed by atoms with Crippen molar-refractivity contribution in [2.75, 3.05) is 13.1 Å². The Hall–Kier alpha value is -0.570. The molecule has 4 bridgehead atoms. The number of carbonyl (C=O) groups excluding carboxylic acids is 1. The lowest BCUT2D eigenvalue weighted by Crippen LogP contribution is -2.57. The van der Waals surface area contributed by atoms with E-state index >= 15 is 0 Å². The van der Waals surface area contributed by atoms with Crippen LogP contribution in [-0.2, 0) is 4.79 Å². The van der Waals surface area contributed by atoms with Crippen LogP contribution >= 0.6 is 0 Å². The van der Waals surface area contributed by atoms with Crippen LogP contribution in [0.4, 0.5) is 0 Å². The lowest BCUT2D eigenvalue weighted by Gasteiger charge is -2.54. The predicted molar refractivity (Wildman–Crippen MR) is 74.5 cm³/mol. The molecule has 5 aliphatic rings. The SMILES string of the molecule is CC1CNCC1C(=O)NC1C2CC3CC(C2)CC1C3. The fraction of sp³-hybridized carbons (Fsp3) is 0.938. The number of hydrogen-bond acceptors (Lipinski definition) is 2. The Balaban J connectivity index is 1.44. The fourth-order valence-corrected chi connectivity index (χ4v) is 5.59. The molecule has 1 heterocycles. The van der Waals surface area contributed by atoms with Crippen molar-refractivity contribution in [1.82, 2.24) is 10.6 Å². The Kier molecular flexibility index (Phi) is 2.87. The molecule has 5 rings (SSSR count). The van der Waals surface area contributed by atoms with E-state index in [0.717, 1.165) is 36.8 Å². The van der Waals surface area contributed by atoms with Gasteiger partial charge in [0.1, 0.15) is 0 Å². The van der Waals surface area contributed by atoms with Crippen molar-refractivity contribution in [3.63, 3.8) is 0 Å². The summed E-state index contributed by atoms with van der Waals surface area (Å²) in [6, 6.07) is 0.507. The lowest BCUT2D eigenvalue weighted by atomic mass is 9.54. The van der Waals surface area contributed by atoms with E-state index < -0.39 is 0 Å². The van der Waals surface area contributed by atoms with Gasteiger partial charge in [-0.25, -0.2) is 0 Å². The summed E-state index contributed by atoms with van der Waals surface area (Å²) in [7, 11) is 0. The second-order valence-electron chi connectivity index (χ2n) is 7.71. The predicted octanol–water partition coefficient (Wildman–Crippen LogP) is 1.78. The minimum Gasteiger partial charge on any atom is -0.353 e. The van der Waals surface area contributed by atoms with E-state index in [0.29, 0.717) is 17.9 Å². The highest BCUT2D eigenvalue weighted by molar-refractivity contribution is 5.80. The molecule has 3 heteroatoms. The Morgan fingerprint density at radius 1 is 1.00 bits per heavy atom. The van der Waals surface area contributed by atoms with Crippen molar-refractivity contribution in [2.24, 2.45) is 35.5 Å². The van der Waals surface area contributed by atoms with Crippen LogP contribution < -0.4 is 10.6 Å². The average Bonchev–Trinajstić information content (AvgIpc) is 2.79. The Morgan fingerprint density at radius 3 is 2.16 bits per heavy atom.